The monoisotopic (exact) mass is 373 g/mol. The maximum Gasteiger partial charge on any atom is 0.258 e. The summed E-state index contributed by atoms with van der Waals surface area (Å²) in [4.78, 5) is 34.5. The van der Waals surface area contributed by atoms with E-state index in [0.717, 1.165) is 25.7 Å². The highest BCUT2D eigenvalue weighted by molar-refractivity contribution is 5.82. The Morgan fingerprint density at radius 3 is 2.48 bits per heavy atom. The van der Waals surface area contributed by atoms with E-state index >= 15 is 0 Å². The Labute approximate surface area is 158 Å². The average molecular weight is 373 g/mol. The van der Waals surface area contributed by atoms with Crippen LogP contribution in [0.3, 0.4) is 0 Å². The molecular weight excluding hydrogens is 346 g/mol. The fraction of sp³-hybridized carbons (Fsp3) is 0.550. The van der Waals surface area contributed by atoms with Gasteiger partial charge >= 0.3 is 0 Å². The van der Waals surface area contributed by atoms with Crippen molar-refractivity contribution in [3.8, 4) is 11.5 Å². The van der Waals surface area contributed by atoms with Gasteiger partial charge in [0.05, 0.1) is 31.7 Å². The van der Waals surface area contributed by atoms with Gasteiger partial charge < -0.3 is 19.4 Å². The summed E-state index contributed by atoms with van der Waals surface area (Å²) in [7, 11) is 3.06. The third kappa shape index (κ3) is 4.07. The van der Waals surface area contributed by atoms with E-state index in [1.54, 1.807) is 24.1 Å². The van der Waals surface area contributed by atoms with Gasteiger partial charge in [-0.25, -0.2) is 4.98 Å². The molecule has 146 valence electrons. The number of ether oxygens (including phenoxy) is 2. The zero-order valence-electron chi connectivity index (χ0n) is 16.2. The van der Waals surface area contributed by atoms with Crippen molar-refractivity contribution in [3.63, 3.8) is 0 Å². The highest BCUT2D eigenvalue weighted by Gasteiger charge is 2.25. The second-order valence-electron chi connectivity index (χ2n) is 6.92. The lowest BCUT2D eigenvalue weighted by molar-refractivity contribution is -0.137. The summed E-state index contributed by atoms with van der Waals surface area (Å²) in [5.74, 6) is 1.72. The molecule has 2 aromatic rings. The third-order valence-electron chi connectivity index (χ3n) is 5.25. The van der Waals surface area contributed by atoms with Gasteiger partial charge in [-0.05, 0) is 25.8 Å². The normalized spacial score (nSPS) is 14.9. The van der Waals surface area contributed by atoms with Crippen molar-refractivity contribution in [3.05, 3.63) is 28.3 Å². The van der Waals surface area contributed by atoms with Crippen LogP contribution < -0.4 is 15.0 Å². The Bertz CT molecular complexity index is 871. The van der Waals surface area contributed by atoms with Crippen LogP contribution in [0.25, 0.3) is 10.9 Å². The summed E-state index contributed by atoms with van der Waals surface area (Å²) in [5.41, 5.74) is 0.268. The Hall–Kier alpha value is -2.57. The van der Waals surface area contributed by atoms with E-state index in [-0.39, 0.29) is 17.4 Å². The van der Waals surface area contributed by atoms with E-state index in [1.807, 2.05) is 6.92 Å². The summed E-state index contributed by atoms with van der Waals surface area (Å²) < 4.78 is 10.6. The molecule has 1 fully saturated rings. The number of amides is 1. The van der Waals surface area contributed by atoms with Gasteiger partial charge in [-0.1, -0.05) is 19.3 Å². The number of carbonyl (C=O) groups is 1. The van der Waals surface area contributed by atoms with Crippen molar-refractivity contribution >= 4 is 16.8 Å². The fourth-order valence-corrected chi connectivity index (χ4v) is 3.72. The molecule has 1 aromatic carbocycles. The molecule has 1 aliphatic carbocycles. The molecule has 27 heavy (non-hydrogen) atoms. The molecule has 1 saturated carbocycles. The van der Waals surface area contributed by atoms with E-state index in [1.165, 1.54) is 13.5 Å². The molecule has 1 heterocycles. The topological polar surface area (TPSA) is 84.5 Å². The second kappa shape index (κ2) is 8.41. The average Bonchev–Trinajstić information content (AvgIpc) is 2.71. The molecule has 0 bridgehead atoms. The van der Waals surface area contributed by atoms with Gasteiger partial charge in [-0.15, -0.1) is 0 Å². The van der Waals surface area contributed by atoms with E-state index in [2.05, 4.69) is 9.97 Å². The minimum absolute atomic E-state index is 0.0928. The molecule has 7 nitrogen and oxygen atoms in total. The summed E-state index contributed by atoms with van der Waals surface area (Å²) in [6.45, 7) is 2.84. The lowest BCUT2D eigenvalue weighted by atomic mass is 9.88. The number of aromatic amines is 1. The number of H-pyrrole nitrogens is 1. The first-order valence-electron chi connectivity index (χ1n) is 9.51. The lowest BCUT2D eigenvalue weighted by Crippen LogP contribution is -2.37. The predicted molar refractivity (Wildman–Crippen MR) is 103 cm³/mol. The summed E-state index contributed by atoms with van der Waals surface area (Å²) in [6.07, 6.45) is 5.34. The summed E-state index contributed by atoms with van der Waals surface area (Å²) in [5, 5.41) is 0.429. The molecule has 0 atom stereocenters. The van der Waals surface area contributed by atoms with Crippen LogP contribution in [0.1, 0.15) is 44.9 Å². The first-order chi connectivity index (χ1) is 13.1. The Balaban J connectivity index is 1.89. The number of benzene rings is 1. The molecular formula is C20H27N3O4. The molecule has 7 heteroatoms. The number of aromatic nitrogens is 2. The zero-order valence-corrected chi connectivity index (χ0v) is 16.2. The van der Waals surface area contributed by atoms with Crippen LogP contribution in [0, 0.1) is 5.92 Å². The molecule has 0 radical (unpaired) electrons. The minimum Gasteiger partial charge on any atom is -0.493 e. The fourth-order valence-electron chi connectivity index (χ4n) is 3.72. The van der Waals surface area contributed by atoms with Gasteiger partial charge in [0.25, 0.3) is 5.56 Å². The molecule has 1 amide bonds. The maximum atomic E-state index is 12.8. The number of hydrogen-bond acceptors (Lipinski definition) is 5. The van der Waals surface area contributed by atoms with Gasteiger partial charge in [-0.2, -0.15) is 0 Å². The van der Waals surface area contributed by atoms with Crippen molar-refractivity contribution in [1.29, 1.82) is 0 Å². The smallest absolute Gasteiger partial charge is 0.258 e. The van der Waals surface area contributed by atoms with E-state index in [0.29, 0.717) is 41.3 Å². The molecule has 0 unspecified atom stereocenters. The van der Waals surface area contributed by atoms with E-state index < -0.39 is 0 Å². The van der Waals surface area contributed by atoms with Crippen LogP contribution in [0.2, 0.25) is 0 Å². The first-order valence-corrected chi connectivity index (χ1v) is 9.51. The molecule has 3 rings (SSSR count). The summed E-state index contributed by atoms with van der Waals surface area (Å²) >= 11 is 0. The SMILES string of the molecule is CCN(Cc1nc2cc(OC)c(OC)cc2c(=O)[nH]1)C(=O)C1CCCCC1. The van der Waals surface area contributed by atoms with Gasteiger partial charge in [0.15, 0.2) is 11.5 Å². The van der Waals surface area contributed by atoms with Crippen LogP contribution in [0.5, 0.6) is 11.5 Å². The highest BCUT2D eigenvalue weighted by Crippen LogP contribution is 2.30. The molecule has 0 spiro atoms. The molecule has 1 aliphatic rings. The lowest BCUT2D eigenvalue weighted by Gasteiger charge is -2.28. The van der Waals surface area contributed by atoms with Crippen LogP contribution in [0.15, 0.2) is 16.9 Å². The van der Waals surface area contributed by atoms with Crippen LogP contribution in [-0.4, -0.2) is 41.5 Å². The maximum absolute atomic E-state index is 12.8. The Kier molecular flexibility index (Phi) is 5.98. The van der Waals surface area contributed by atoms with Crippen molar-refractivity contribution in [1.82, 2.24) is 14.9 Å². The second-order valence-corrected chi connectivity index (χ2v) is 6.92. The number of carbonyl (C=O) groups excluding carboxylic acids is 1. The van der Waals surface area contributed by atoms with Crippen molar-refractivity contribution < 1.29 is 14.3 Å². The standard InChI is InChI=1S/C20H27N3O4/c1-4-23(20(25)13-8-6-5-7-9-13)12-18-21-15-11-17(27-3)16(26-2)10-14(15)19(24)22-18/h10-11,13H,4-9,12H2,1-3H3,(H,21,22,24). The van der Waals surface area contributed by atoms with Crippen molar-refractivity contribution in [2.45, 2.75) is 45.6 Å². The number of hydrogen-bond donors (Lipinski definition) is 1. The first kappa shape index (κ1) is 19.2. The number of nitrogens with one attached hydrogen (secondary N) is 1. The molecule has 1 N–H and O–H groups in total. The van der Waals surface area contributed by atoms with E-state index in [9.17, 15) is 9.59 Å². The number of methoxy groups -OCH3 is 2. The predicted octanol–water partition coefficient (Wildman–Crippen LogP) is 2.87. The molecule has 0 aliphatic heterocycles. The zero-order chi connectivity index (χ0) is 19.4. The number of nitrogens with zero attached hydrogens (tertiary/aromatic N) is 2. The quantitative estimate of drug-likeness (QED) is 0.842. The van der Waals surface area contributed by atoms with Crippen molar-refractivity contribution in [2.24, 2.45) is 5.92 Å². The number of fused-ring (bicyclic) bond motifs is 1. The Morgan fingerprint density at radius 2 is 1.85 bits per heavy atom. The largest absolute Gasteiger partial charge is 0.493 e. The van der Waals surface area contributed by atoms with E-state index in [4.69, 9.17) is 9.47 Å². The highest BCUT2D eigenvalue weighted by atomic mass is 16.5. The minimum atomic E-state index is -0.253. The Morgan fingerprint density at radius 1 is 1.19 bits per heavy atom. The van der Waals surface area contributed by atoms with Gasteiger partial charge in [-0.3, -0.25) is 9.59 Å². The molecule has 1 aromatic heterocycles. The number of rotatable bonds is 6. The van der Waals surface area contributed by atoms with Gasteiger partial charge in [0.2, 0.25) is 5.91 Å². The summed E-state index contributed by atoms with van der Waals surface area (Å²) in [6, 6.07) is 3.31. The third-order valence-corrected chi connectivity index (χ3v) is 5.25. The molecule has 0 saturated heterocycles. The van der Waals surface area contributed by atoms with Gasteiger partial charge in [0, 0.05) is 18.5 Å². The van der Waals surface area contributed by atoms with Crippen LogP contribution in [-0.2, 0) is 11.3 Å². The van der Waals surface area contributed by atoms with Crippen molar-refractivity contribution in [2.75, 3.05) is 20.8 Å². The van der Waals surface area contributed by atoms with Crippen LogP contribution in [0.4, 0.5) is 0 Å². The van der Waals surface area contributed by atoms with Crippen LogP contribution >= 0.6 is 0 Å². The van der Waals surface area contributed by atoms with Gasteiger partial charge in [0.1, 0.15) is 5.82 Å².